The van der Waals surface area contributed by atoms with E-state index in [0.29, 0.717) is 37.9 Å². The highest BCUT2D eigenvalue weighted by molar-refractivity contribution is 5.80. The van der Waals surface area contributed by atoms with Crippen LogP contribution in [0.25, 0.3) is 0 Å². The second-order valence-electron chi connectivity index (χ2n) is 9.11. The van der Waals surface area contributed by atoms with Gasteiger partial charge in [-0.15, -0.1) is 0 Å². The normalized spacial score (nSPS) is 24.8. The molecule has 0 aromatic heterocycles. The third-order valence-electron chi connectivity index (χ3n) is 6.04. The minimum absolute atomic E-state index is 0.305. The maximum absolute atomic E-state index is 5.85. The van der Waals surface area contributed by atoms with Crippen LogP contribution in [0.5, 0.6) is 0 Å². The first-order valence-electron chi connectivity index (χ1n) is 12.1. The molecule has 1 aromatic carbocycles. The number of guanidine groups is 1. The summed E-state index contributed by atoms with van der Waals surface area (Å²) in [6, 6.07) is 8.91. The molecule has 7 heteroatoms. The van der Waals surface area contributed by atoms with Crippen molar-refractivity contribution in [2.75, 3.05) is 59.7 Å². The van der Waals surface area contributed by atoms with E-state index in [1.54, 1.807) is 7.11 Å². The van der Waals surface area contributed by atoms with Gasteiger partial charge in [0.15, 0.2) is 5.96 Å². The topological polar surface area (TPSA) is 58.6 Å². The van der Waals surface area contributed by atoms with Crippen LogP contribution in [0.3, 0.4) is 0 Å². The molecule has 0 saturated carbocycles. The van der Waals surface area contributed by atoms with Crippen molar-refractivity contribution in [2.24, 2.45) is 10.9 Å². The number of methoxy groups -OCH3 is 1. The van der Waals surface area contributed by atoms with E-state index in [-0.39, 0.29) is 0 Å². The number of ether oxygens (including phenoxy) is 3. The molecule has 3 atom stereocenters. The number of nitrogens with one attached hydrogen (secondary N) is 1. The number of morpholine rings is 1. The summed E-state index contributed by atoms with van der Waals surface area (Å²) in [6.45, 7) is 15.1. The first-order chi connectivity index (χ1) is 15.6. The van der Waals surface area contributed by atoms with Gasteiger partial charge in [-0.05, 0) is 38.3 Å². The van der Waals surface area contributed by atoms with Crippen LogP contribution in [-0.2, 0) is 27.3 Å². The smallest absolute Gasteiger partial charge is 0.194 e. The molecule has 2 saturated heterocycles. The molecule has 0 aliphatic carbocycles. The zero-order valence-electron chi connectivity index (χ0n) is 20.4. The number of aliphatic imine (C=N–C) groups is 1. The fraction of sp³-hybridized carbons (Fsp3) is 0.720. The molecule has 2 fully saturated rings. The zero-order valence-corrected chi connectivity index (χ0v) is 20.4. The van der Waals surface area contributed by atoms with Crippen molar-refractivity contribution in [1.82, 2.24) is 15.1 Å². The summed E-state index contributed by atoms with van der Waals surface area (Å²) in [7, 11) is 1.71. The van der Waals surface area contributed by atoms with Crippen molar-refractivity contribution in [2.45, 2.75) is 52.5 Å². The van der Waals surface area contributed by atoms with Gasteiger partial charge >= 0.3 is 0 Å². The third kappa shape index (κ3) is 8.03. The summed E-state index contributed by atoms with van der Waals surface area (Å²) in [5.74, 6) is 1.56. The first kappa shape index (κ1) is 25.0. The average molecular weight is 447 g/mol. The van der Waals surface area contributed by atoms with Gasteiger partial charge in [-0.25, -0.2) is 4.99 Å². The lowest BCUT2D eigenvalue weighted by Crippen LogP contribution is -2.44. The number of hydrogen-bond donors (Lipinski definition) is 1. The molecule has 2 heterocycles. The van der Waals surface area contributed by atoms with E-state index in [1.165, 1.54) is 11.1 Å². The lowest BCUT2D eigenvalue weighted by Gasteiger charge is -2.35. The standard InChI is InChI=1S/C25H42N4O3/c1-5-26-25(29-11-10-24(18-29)19-31-13-12-30-4)27-14-22-6-8-23(9-7-22)17-28-15-20(2)32-21(3)16-28/h6-9,20-21,24H,5,10-19H2,1-4H3,(H,26,27). The van der Waals surface area contributed by atoms with Crippen LogP contribution in [0.1, 0.15) is 38.3 Å². The Kier molecular flexibility index (Phi) is 10.2. The van der Waals surface area contributed by atoms with Crippen LogP contribution in [0.2, 0.25) is 0 Å². The molecule has 3 rings (SSSR count). The molecule has 2 aliphatic rings. The number of hydrogen-bond acceptors (Lipinski definition) is 5. The Morgan fingerprint density at radius 3 is 2.50 bits per heavy atom. The quantitative estimate of drug-likeness (QED) is 0.339. The molecule has 3 unspecified atom stereocenters. The van der Waals surface area contributed by atoms with E-state index in [0.717, 1.165) is 58.3 Å². The van der Waals surface area contributed by atoms with Crippen LogP contribution >= 0.6 is 0 Å². The van der Waals surface area contributed by atoms with Gasteiger partial charge in [-0.1, -0.05) is 24.3 Å². The molecule has 1 N–H and O–H groups in total. The van der Waals surface area contributed by atoms with E-state index in [9.17, 15) is 0 Å². The molecule has 180 valence electrons. The van der Waals surface area contributed by atoms with Crippen LogP contribution in [0, 0.1) is 5.92 Å². The van der Waals surface area contributed by atoms with Crippen molar-refractivity contribution in [3.05, 3.63) is 35.4 Å². The predicted octanol–water partition coefficient (Wildman–Crippen LogP) is 2.75. The lowest BCUT2D eigenvalue weighted by molar-refractivity contribution is -0.0704. The minimum Gasteiger partial charge on any atom is -0.382 e. The summed E-state index contributed by atoms with van der Waals surface area (Å²) >= 11 is 0. The Balaban J connectivity index is 1.49. The molecular formula is C25H42N4O3. The maximum Gasteiger partial charge on any atom is 0.194 e. The number of benzene rings is 1. The molecule has 0 spiro atoms. The van der Waals surface area contributed by atoms with Crippen LogP contribution in [-0.4, -0.2) is 87.6 Å². The van der Waals surface area contributed by atoms with Crippen molar-refractivity contribution in [1.29, 1.82) is 0 Å². The van der Waals surface area contributed by atoms with Gasteiger partial charge in [0, 0.05) is 52.3 Å². The summed E-state index contributed by atoms with van der Waals surface area (Å²) in [4.78, 5) is 9.77. The summed E-state index contributed by atoms with van der Waals surface area (Å²) in [5, 5.41) is 3.46. The van der Waals surface area contributed by atoms with Gasteiger partial charge in [-0.2, -0.15) is 0 Å². The molecule has 0 bridgehead atoms. The fourth-order valence-corrected chi connectivity index (χ4v) is 4.57. The van der Waals surface area contributed by atoms with Gasteiger partial charge in [0.25, 0.3) is 0 Å². The highest BCUT2D eigenvalue weighted by Crippen LogP contribution is 2.18. The molecule has 0 amide bonds. The largest absolute Gasteiger partial charge is 0.382 e. The van der Waals surface area contributed by atoms with Crippen molar-refractivity contribution >= 4 is 5.96 Å². The van der Waals surface area contributed by atoms with E-state index in [2.05, 4.69) is 60.2 Å². The molecular weight excluding hydrogens is 404 g/mol. The average Bonchev–Trinajstić information content (AvgIpc) is 3.23. The Hall–Kier alpha value is -1.67. The second kappa shape index (κ2) is 13.1. The van der Waals surface area contributed by atoms with Gasteiger partial charge in [0.2, 0.25) is 0 Å². The number of nitrogens with zero attached hydrogens (tertiary/aromatic N) is 3. The van der Waals surface area contributed by atoms with Gasteiger partial charge < -0.3 is 24.4 Å². The summed E-state index contributed by atoms with van der Waals surface area (Å²) < 4.78 is 16.6. The molecule has 2 aliphatic heterocycles. The van der Waals surface area contributed by atoms with Crippen molar-refractivity contribution in [3.8, 4) is 0 Å². The van der Waals surface area contributed by atoms with E-state index in [1.807, 2.05) is 0 Å². The van der Waals surface area contributed by atoms with Crippen molar-refractivity contribution in [3.63, 3.8) is 0 Å². The first-order valence-corrected chi connectivity index (χ1v) is 12.1. The lowest BCUT2D eigenvalue weighted by atomic mass is 10.1. The van der Waals surface area contributed by atoms with E-state index < -0.39 is 0 Å². The van der Waals surface area contributed by atoms with Crippen LogP contribution in [0.15, 0.2) is 29.3 Å². The molecule has 32 heavy (non-hydrogen) atoms. The Morgan fingerprint density at radius 1 is 1.09 bits per heavy atom. The SMILES string of the molecule is CCNC(=NCc1ccc(CN2CC(C)OC(C)C2)cc1)N1CCC(COCCOC)C1. The van der Waals surface area contributed by atoms with E-state index in [4.69, 9.17) is 19.2 Å². The molecule has 0 radical (unpaired) electrons. The highest BCUT2D eigenvalue weighted by atomic mass is 16.5. The number of rotatable bonds is 10. The minimum atomic E-state index is 0.305. The van der Waals surface area contributed by atoms with E-state index >= 15 is 0 Å². The molecule has 7 nitrogen and oxygen atoms in total. The predicted molar refractivity (Wildman–Crippen MR) is 129 cm³/mol. The van der Waals surface area contributed by atoms with Crippen LogP contribution in [0.4, 0.5) is 0 Å². The summed E-state index contributed by atoms with van der Waals surface area (Å²) in [5.41, 5.74) is 2.59. The number of likely N-dealkylation sites (tertiary alicyclic amines) is 1. The zero-order chi connectivity index (χ0) is 22.8. The Labute approximate surface area is 194 Å². The van der Waals surface area contributed by atoms with Crippen molar-refractivity contribution < 1.29 is 14.2 Å². The van der Waals surface area contributed by atoms with Gasteiger partial charge in [0.05, 0.1) is 38.6 Å². The summed E-state index contributed by atoms with van der Waals surface area (Å²) in [6.07, 6.45) is 1.75. The third-order valence-corrected chi connectivity index (χ3v) is 6.04. The highest BCUT2D eigenvalue weighted by Gasteiger charge is 2.25. The fourth-order valence-electron chi connectivity index (χ4n) is 4.57. The Bertz CT molecular complexity index is 687. The van der Waals surface area contributed by atoms with Gasteiger partial charge in [0.1, 0.15) is 0 Å². The maximum atomic E-state index is 5.85. The van der Waals surface area contributed by atoms with Crippen LogP contribution < -0.4 is 5.32 Å². The van der Waals surface area contributed by atoms with Gasteiger partial charge in [-0.3, -0.25) is 4.90 Å². The molecule has 1 aromatic rings. The second-order valence-corrected chi connectivity index (χ2v) is 9.11. The monoisotopic (exact) mass is 446 g/mol. The Morgan fingerprint density at radius 2 is 1.81 bits per heavy atom.